The van der Waals surface area contributed by atoms with Crippen LogP contribution in [0.4, 0.5) is 5.69 Å². The van der Waals surface area contributed by atoms with E-state index in [0.717, 1.165) is 37.2 Å². The molecule has 1 saturated heterocycles. The standard InChI is InChI=1S/C24H32N2O3/c1-17(27)18-9-10-22-19(15-18)16-23(28)24(29)26(22)21-11-13-25(14-12-21)20-7-5-3-2-4-6-8-20/h9-10,15,20-21H,2-8,11-14,16H2,1H3. The van der Waals surface area contributed by atoms with Gasteiger partial charge in [0.15, 0.2) is 5.78 Å². The number of hydrogen-bond donors (Lipinski definition) is 0. The van der Waals surface area contributed by atoms with Gasteiger partial charge in [0.25, 0.3) is 5.91 Å². The third-order valence-corrected chi connectivity index (χ3v) is 7.01. The van der Waals surface area contributed by atoms with E-state index in [9.17, 15) is 14.4 Å². The Labute approximate surface area is 173 Å². The van der Waals surface area contributed by atoms with Crippen LogP contribution >= 0.6 is 0 Å². The first-order valence-corrected chi connectivity index (χ1v) is 11.3. The number of benzene rings is 1. The van der Waals surface area contributed by atoms with Gasteiger partial charge in [0, 0.05) is 42.8 Å². The summed E-state index contributed by atoms with van der Waals surface area (Å²) in [6, 6.07) is 6.18. The highest BCUT2D eigenvalue weighted by Crippen LogP contribution is 2.33. The van der Waals surface area contributed by atoms with Crippen molar-refractivity contribution in [3.8, 4) is 0 Å². The molecule has 0 N–H and O–H groups in total. The molecule has 2 fully saturated rings. The highest BCUT2D eigenvalue weighted by atomic mass is 16.2. The van der Waals surface area contributed by atoms with E-state index in [1.807, 2.05) is 6.07 Å². The van der Waals surface area contributed by atoms with Crippen LogP contribution in [0.1, 0.15) is 80.6 Å². The summed E-state index contributed by atoms with van der Waals surface area (Å²) in [5.74, 6) is -0.755. The molecule has 1 amide bonds. The maximum Gasteiger partial charge on any atom is 0.294 e. The van der Waals surface area contributed by atoms with Gasteiger partial charge in [-0.3, -0.25) is 14.4 Å². The first kappa shape index (κ1) is 20.3. The third kappa shape index (κ3) is 4.30. The van der Waals surface area contributed by atoms with Crippen molar-refractivity contribution in [3.63, 3.8) is 0 Å². The van der Waals surface area contributed by atoms with Crippen LogP contribution < -0.4 is 4.90 Å². The van der Waals surface area contributed by atoms with Crippen molar-refractivity contribution in [2.75, 3.05) is 18.0 Å². The van der Waals surface area contributed by atoms with Gasteiger partial charge in [0.2, 0.25) is 5.78 Å². The third-order valence-electron chi connectivity index (χ3n) is 7.01. The Balaban J connectivity index is 1.48. The van der Waals surface area contributed by atoms with Gasteiger partial charge >= 0.3 is 0 Å². The highest BCUT2D eigenvalue weighted by Gasteiger charge is 2.38. The van der Waals surface area contributed by atoms with Crippen molar-refractivity contribution in [1.82, 2.24) is 4.90 Å². The summed E-state index contributed by atoms with van der Waals surface area (Å²) in [6.07, 6.45) is 11.3. The normalized spacial score (nSPS) is 22.9. The van der Waals surface area contributed by atoms with Crippen LogP contribution in [0.25, 0.3) is 0 Å². The number of likely N-dealkylation sites (tertiary alicyclic amines) is 1. The number of rotatable bonds is 3. The number of anilines is 1. The zero-order valence-electron chi connectivity index (χ0n) is 17.5. The van der Waals surface area contributed by atoms with Gasteiger partial charge in [0.05, 0.1) is 0 Å². The van der Waals surface area contributed by atoms with Crippen molar-refractivity contribution in [1.29, 1.82) is 0 Å². The van der Waals surface area contributed by atoms with E-state index in [-0.39, 0.29) is 29.9 Å². The Morgan fingerprint density at radius 2 is 1.55 bits per heavy atom. The van der Waals surface area contributed by atoms with E-state index in [1.165, 1.54) is 51.9 Å². The SMILES string of the molecule is CC(=O)c1ccc2c(c1)CC(=O)C(=O)N2C1CCN(C2CCCCCCC2)CC1. The molecule has 2 heterocycles. The topological polar surface area (TPSA) is 57.7 Å². The van der Waals surface area contributed by atoms with Crippen LogP contribution in [0.2, 0.25) is 0 Å². The molecule has 0 spiro atoms. The van der Waals surface area contributed by atoms with E-state index < -0.39 is 0 Å². The number of carbonyl (C=O) groups excluding carboxylic acids is 3. The zero-order valence-corrected chi connectivity index (χ0v) is 17.5. The molecule has 5 nitrogen and oxygen atoms in total. The fourth-order valence-electron chi connectivity index (χ4n) is 5.34. The highest BCUT2D eigenvalue weighted by molar-refractivity contribution is 6.43. The first-order valence-electron chi connectivity index (χ1n) is 11.3. The molecule has 0 unspecified atom stereocenters. The second-order valence-corrected chi connectivity index (χ2v) is 8.94. The summed E-state index contributed by atoms with van der Waals surface area (Å²) in [6.45, 7) is 3.52. The Morgan fingerprint density at radius 1 is 0.897 bits per heavy atom. The van der Waals surface area contributed by atoms with Gasteiger partial charge in [-0.1, -0.05) is 32.1 Å². The van der Waals surface area contributed by atoms with Gasteiger partial charge in [0.1, 0.15) is 0 Å². The van der Waals surface area contributed by atoms with Gasteiger partial charge in [-0.15, -0.1) is 0 Å². The number of hydrogen-bond acceptors (Lipinski definition) is 4. The minimum atomic E-state index is -0.377. The molecule has 0 bridgehead atoms. The molecule has 1 aliphatic carbocycles. The predicted octanol–water partition coefficient (Wildman–Crippen LogP) is 3.92. The van der Waals surface area contributed by atoms with Gasteiger partial charge in [-0.25, -0.2) is 0 Å². The Hall–Kier alpha value is -2.01. The van der Waals surface area contributed by atoms with Gasteiger partial charge in [-0.05, 0) is 56.4 Å². The predicted molar refractivity (Wildman–Crippen MR) is 113 cm³/mol. The first-order chi connectivity index (χ1) is 14.0. The maximum atomic E-state index is 12.8. The number of fused-ring (bicyclic) bond motifs is 1. The molecule has 0 radical (unpaired) electrons. The number of ketones is 2. The lowest BCUT2D eigenvalue weighted by Crippen LogP contribution is -2.53. The van der Waals surface area contributed by atoms with E-state index in [2.05, 4.69) is 4.90 Å². The van der Waals surface area contributed by atoms with Crippen molar-refractivity contribution >= 4 is 23.2 Å². The minimum absolute atomic E-state index is 0.0174. The molecule has 156 valence electrons. The number of amides is 1. The van der Waals surface area contributed by atoms with E-state index in [0.29, 0.717) is 11.6 Å². The summed E-state index contributed by atoms with van der Waals surface area (Å²) in [5, 5.41) is 0. The summed E-state index contributed by atoms with van der Waals surface area (Å²) >= 11 is 0. The van der Waals surface area contributed by atoms with E-state index in [4.69, 9.17) is 0 Å². The molecule has 0 atom stereocenters. The molecule has 1 aromatic rings. The van der Waals surface area contributed by atoms with Crippen LogP contribution in [0.15, 0.2) is 18.2 Å². The molecular weight excluding hydrogens is 364 g/mol. The lowest BCUT2D eigenvalue weighted by Gasteiger charge is -2.43. The van der Waals surface area contributed by atoms with Crippen molar-refractivity contribution in [2.24, 2.45) is 0 Å². The molecule has 3 aliphatic rings. The summed E-state index contributed by atoms with van der Waals surface area (Å²) < 4.78 is 0. The number of piperidine rings is 1. The average Bonchev–Trinajstić information content (AvgIpc) is 2.69. The van der Waals surface area contributed by atoms with Crippen molar-refractivity contribution in [3.05, 3.63) is 29.3 Å². The van der Waals surface area contributed by atoms with Crippen LogP contribution in [0.5, 0.6) is 0 Å². The van der Waals surface area contributed by atoms with Crippen molar-refractivity contribution in [2.45, 2.75) is 83.2 Å². The molecule has 1 saturated carbocycles. The second-order valence-electron chi connectivity index (χ2n) is 8.94. The van der Waals surface area contributed by atoms with Crippen LogP contribution in [-0.2, 0) is 16.0 Å². The molecular formula is C24H32N2O3. The quantitative estimate of drug-likeness (QED) is 0.574. The summed E-state index contributed by atoms with van der Waals surface area (Å²) in [4.78, 5) is 41.2. The molecule has 29 heavy (non-hydrogen) atoms. The maximum absolute atomic E-state index is 12.8. The van der Waals surface area contributed by atoms with E-state index in [1.54, 1.807) is 17.0 Å². The van der Waals surface area contributed by atoms with Crippen molar-refractivity contribution < 1.29 is 14.4 Å². The Kier molecular flexibility index (Phi) is 6.14. The Morgan fingerprint density at radius 3 is 2.21 bits per heavy atom. The molecule has 5 heteroatoms. The molecule has 4 rings (SSSR count). The fraction of sp³-hybridized carbons (Fsp3) is 0.625. The lowest BCUT2D eigenvalue weighted by molar-refractivity contribution is -0.136. The fourth-order valence-corrected chi connectivity index (χ4v) is 5.34. The Bertz CT molecular complexity index is 787. The average molecular weight is 397 g/mol. The number of Topliss-reactive ketones (excluding diaryl/α,β-unsaturated/α-hetero) is 2. The lowest BCUT2D eigenvalue weighted by atomic mass is 9.91. The van der Waals surface area contributed by atoms with E-state index >= 15 is 0 Å². The minimum Gasteiger partial charge on any atom is -0.302 e. The largest absolute Gasteiger partial charge is 0.302 e. The second kappa shape index (κ2) is 8.78. The van der Waals surface area contributed by atoms with Crippen LogP contribution in [0, 0.1) is 0 Å². The van der Waals surface area contributed by atoms with Crippen LogP contribution in [0.3, 0.4) is 0 Å². The monoisotopic (exact) mass is 396 g/mol. The summed E-state index contributed by atoms with van der Waals surface area (Å²) in [7, 11) is 0. The number of nitrogens with zero attached hydrogens (tertiary/aromatic N) is 2. The van der Waals surface area contributed by atoms with Crippen LogP contribution in [-0.4, -0.2) is 47.5 Å². The zero-order chi connectivity index (χ0) is 20.4. The summed E-state index contributed by atoms with van der Waals surface area (Å²) in [5.41, 5.74) is 2.23. The molecule has 1 aromatic carbocycles. The molecule has 2 aliphatic heterocycles. The smallest absolute Gasteiger partial charge is 0.294 e. The number of carbonyl (C=O) groups is 3. The van der Waals surface area contributed by atoms with Gasteiger partial charge in [-0.2, -0.15) is 0 Å². The van der Waals surface area contributed by atoms with Gasteiger partial charge < -0.3 is 9.80 Å². The molecule has 0 aromatic heterocycles.